The minimum absolute atomic E-state index is 0.0940. The van der Waals surface area contributed by atoms with Gasteiger partial charge in [0.25, 0.3) is 0 Å². The standard InChI is InChI=1S/C28H31N3O2/c1-2-30-27(33)28(20-22-10-12-25(13-11-22)24-8-4-3-5-9-24)14-17-31(18-15-28)26(32)19-23-7-6-16-29-21-23/h3-13,16,21H,2,14-15,17-20H2,1H3,(H,30,33). The molecule has 5 nitrogen and oxygen atoms in total. The lowest BCUT2D eigenvalue weighted by molar-refractivity contribution is -0.140. The van der Waals surface area contributed by atoms with Gasteiger partial charge in [-0.05, 0) is 54.5 Å². The summed E-state index contributed by atoms with van der Waals surface area (Å²) in [7, 11) is 0. The second-order valence-electron chi connectivity index (χ2n) is 8.80. The van der Waals surface area contributed by atoms with Crippen LogP contribution in [0.2, 0.25) is 0 Å². The van der Waals surface area contributed by atoms with E-state index >= 15 is 0 Å². The van der Waals surface area contributed by atoms with Gasteiger partial charge in [0.2, 0.25) is 11.8 Å². The third-order valence-corrected chi connectivity index (χ3v) is 6.57. The Labute approximate surface area is 195 Å². The van der Waals surface area contributed by atoms with Gasteiger partial charge in [0.1, 0.15) is 0 Å². The van der Waals surface area contributed by atoms with Crippen molar-refractivity contribution in [2.75, 3.05) is 19.6 Å². The first-order chi connectivity index (χ1) is 16.1. The number of piperidine rings is 1. The van der Waals surface area contributed by atoms with Crippen molar-refractivity contribution < 1.29 is 9.59 Å². The lowest BCUT2D eigenvalue weighted by Gasteiger charge is -2.41. The van der Waals surface area contributed by atoms with E-state index in [2.05, 4.69) is 46.7 Å². The van der Waals surface area contributed by atoms with Crippen LogP contribution in [-0.4, -0.2) is 41.3 Å². The van der Waals surface area contributed by atoms with Crippen LogP contribution >= 0.6 is 0 Å². The molecule has 0 atom stereocenters. The number of carbonyl (C=O) groups is 2. The van der Waals surface area contributed by atoms with Gasteiger partial charge in [-0.25, -0.2) is 0 Å². The Morgan fingerprint density at radius 2 is 1.61 bits per heavy atom. The van der Waals surface area contributed by atoms with Gasteiger partial charge in [-0.2, -0.15) is 0 Å². The van der Waals surface area contributed by atoms with Crippen LogP contribution in [0.15, 0.2) is 79.1 Å². The van der Waals surface area contributed by atoms with E-state index in [9.17, 15) is 9.59 Å². The normalized spacial score (nSPS) is 15.1. The highest BCUT2D eigenvalue weighted by atomic mass is 16.2. The maximum Gasteiger partial charge on any atom is 0.227 e. The van der Waals surface area contributed by atoms with Crippen molar-refractivity contribution in [2.45, 2.75) is 32.6 Å². The monoisotopic (exact) mass is 441 g/mol. The van der Waals surface area contributed by atoms with Crippen LogP contribution in [-0.2, 0) is 22.4 Å². The Hall–Kier alpha value is -3.47. The SMILES string of the molecule is CCNC(=O)C1(Cc2ccc(-c3ccccc3)cc2)CCN(C(=O)Cc2cccnc2)CC1. The van der Waals surface area contributed by atoms with Crippen molar-refractivity contribution in [3.8, 4) is 11.1 Å². The molecular formula is C28H31N3O2. The van der Waals surface area contributed by atoms with Crippen LogP contribution in [0.25, 0.3) is 11.1 Å². The molecule has 1 aliphatic rings. The van der Waals surface area contributed by atoms with Crippen molar-refractivity contribution in [3.05, 3.63) is 90.3 Å². The van der Waals surface area contributed by atoms with Gasteiger partial charge in [0.05, 0.1) is 11.8 Å². The molecule has 0 saturated carbocycles. The van der Waals surface area contributed by atoms with E-state index in [4.69, 9.17) is 0 Å². The molecule has 1 N–H and O–H groups in total. The van der Waals surface area contributed by atoms with Gasteiger partial charge >= 0.3 is 0 Å². The number of nitrogens with zero attached hydrogens (tertiary/aromatic N) is 2. The van der Waals surface area contributed by atoms with E-state index in [-0.39, 0.29) is 11.8 Å². The summed E-state index contributed by atoms with van der Waals surface area (Å²) in [6.45, 7) is 3.75. The Morgan fingerprint density at radius 3 is 2.24 bits per heavy atom. The number of likely N-dealkylation sites (tertiary alicyclic amines) is 1. The molecule has 5 heteroatoms. The zero-order valence-corrected chi connectivity index (χ0v) is 19.2. The molecule has 0 aliphatic carbocycles. The zero-order chi connectivity index (χ0) is 23.1. The summed E-state index contributed by atoms with van der Waals surface area (Å²) >= 11 is 0. The third-order valence-electron chi connectivity index (χ3n) is 6.57. The molecular weight excluding hydrogens is 410 g/mol. The van der Waals surface area contributed by atoms with Gasteiger partial charge < -0.3 is 10.2 Å². The molecule has 4 rings (SSSR count). The summed E-state index contributed by atoms with van der Waals surface area (Å²) in [6, 6.07) is 22.6. The predicted octanol–water partition coefficient (Wildman–Crippen LogP) is 4.28. The molecule has 2 aromatic carbocycles. The number of pyridine rings is 1. The fourth-order valence-electron chi connectivity index (χ4n) is 4.64. The van der Waals surface area contributed by atoms with Crippen LogP contribution in [0.5, 0.6) is 0 Å². The maximum atomic E-state index is 13.2. The molecule has 2 heterocycles. The van der Waals surface area contributed by atoms with Gasteiger partial charge in [0.15, 0.2) is 0 Å². The van der Waals surface area contributed by atoms with Crippen molar-refractivity contribution in [3.63, 3.8) is 0 Å². The molecule has 1 fully saturated rings. The summed E-state index contributed by atoms with van der Waals surface area (Å²) in [5.74, 6) is 0.191. The minimum Gasteiger partial charge on any atom is -0.356 e. The fraction of sp³-hybridized carbons (Fsp3) is 0.321. The van der Waals surface area contributed by atoms with Crippen molar-refractivity contribution in [1.82, 2.24) is 15.2 Å². The number of amides is 2. The number of nitrogens with one attached hydrogen (secondary N) is 1. The number of hydrogen-bond acceptors (Lipinski definition) is 3. The Morgan fingerprint density at radius 1 is 0.909 bits per heavy atom. The average molecular weight is 442 g/mol. The van der Waals surface area contributed by atoms with Gasteiger partial charge in [-0.3, -0.25) is 14.6 Å². The number of carbonyl (C=O) groups excluding carboxylic acids is 2. The maximum absolute atomic E-state index is 13.2. The molecule has 170 valence electrons. The highest BCUT2D eigenvalue weighted by Gasteiger charge is 2.42. The van der Waals surface area contributed by atoms with Gasteiger partial charge in [0, 0.05) is 32.0 Å². The molecule has 33 heavy (non-hydrogen) atoms. The molecule has 1 saturated heterocycles. The smallest absolute Gasteiger partial charge is 0.227 e. The van der Waals surface area contributed by atoms with Crippen molar-refractivity contribution in [2.24, 2.45) is 5.41 Å². The van der Waals surface area contributed by atoms with E-state index in [0.717, 1.165) is 11.1 Å². The van der Waals surface area contributed by atoms with Crippen LogP contribution < -0.4 is 5.32 Å². The summed E-state index contributed by atoms with van der Waals surface area (Å²) in [5, 5.41) is 3.05. The Bertz CT molecular complexity index is 1060. The van der Waals surface area contributed by atoms with Crippen LogP contribution in [0.4, 0.5) is 0 Å². The Kier molecular flexibility index (Phi) is 7.18. The molecule has 0 bridgehead atoms. The summed E-state index contributed by atoms with van der Waals surface area (Å²) in [4.78, 5) is 31.9. The minimum atomic E-state index is -0.491. The first-order valence-electron chi connectivity index (χ1n) is 11.7. The molecule has 2 amide bonds. The molecule has 0 spiro atoms. The van der Waals surface area contributed by atoms with E-state index < -0.39 is 5.41 Å². The van der Waals surface area contributed by atoms with E-state index in [1.165, 1.54) is 11.1 Å². The van der Waals surface area contributed by atoms with Crippen LogP contribution in [0.3, 0.4) is 0 Å². The Balaban J connectivity index is 1.45. The van der Waals surface area contributed by atoms with Crippen LogP contribution in [0.1, 0.15) is 30.9 Å². The second-order valence-corrected chi connectivity index (χ2v) is 8.80. The number of aromatic nitrogens is 1. The molecule has 0 unspecified atom stereocenters. The quantitative estimate of drug-likeness (QED) is 0.595. The largest absolute Gasteiger partial charge is 0.356 e. The van der Waals surface area contributed by atoms with Crippen LogP contribution in [0, 0.1) is 5.41 Å². The number of benzene rings is 2. The summed E-state index contributed by atoms with van der Waals surface area (Å²) in [6.07, 6.45) is 5.81. The van der Waals surface area contributed by atoms with E-state index in [1.54, 1.807) is 12.4 Å². The van der Waals surface area contributed by atoms with Gasteiger partial charge in [-0.1, -0.05) is 60.7 Å². The molecule has 1 aliphatic heterocycles. The average Bonchev–Trinajstić information content (AvgIpc) is 2.86. The number of rotatable bonds is 7. The predicted molar refractivity (Wildman–Crippen MR) is 130 cm³/mol. The first-order valence-corrected chi connectivity index (χ1v) is 11.7. The third kappa shape index (κ3) is 5.48. The lowest BCUT2D eigenvalue weighted by Crippen LogP contribution is -2.51. The van der Waals surface area contributed by atoms with Crippen molar-refractivity contribution >= 4 is 11.8 Å². The highest BCUT2D eigenvalue weighted by molar-refractivity contribution is 5.84. The lowest BCUT2D eigenvalue weighted by atomic mass is 9.72. The summed E-state index contributed by atoms with van der Waals surface area (Å²) in [5.41, 5.74) is 3.93. The molecule has 1 aromatic heterocycles. The topological polar surface area (TPSA) is 62.3 Å². The number of hydrogen-bond donors (Lipinski definition) is 1. The van der Waals surface area contributed by atoms with E-state index in [1.807, 2.05) is 42.2 Å². The van der Waals surface area contributed by atoms with E-state index in [0.29, 0.717) is 45.3 Å². The first kappa shape index (κ1) is 22.7. The van der Waals surface area contributed by atoms with Crippen molar-refractivity contribution in [1.29, 1.82) is 0 Å². The fourth-order valence-corrected chi connectivity index (χ4v) is 4.64. The highest BCUT2D eigenvalue weighted by Crippen LogP contribution is 2.36. The molecule has 0 radical (unpaired) electrons. The second kappa shape index (κ2) is 10.4. The van der Waals surface area contributed by atoms with Gasteiger partial charge in [-0.15, -0.1) is 0 Å². The summed E-state index contributed by atoms with van der Waals surface area (Å²) < 4.78 is 0. The molecule has 3 aromatic rings. The zero-order valence-electron chi connectivity index (χ0n) is 19.2.